The van der Waals surface area contributed by atoms with Crippen molar-refractivity contribution in [1.29, 1.82) is 0 Å². The largest absolute Gasteiger partial charge is 0.468 e. The van der Waals surface area contributed by atoms with E-state index in [2.05, 4.69) is 24.5 Å². The quantitative estimate of drug-likeness (QED) is 0.743. The van der Waals surface area contributed by atoms with Crippen LogP contribution in [-0.4, -0.2) is 41.2 Å². The third kappa shape index (κ3) is 3.15. The summed E-state index contributed by atoms with van der Waals surface area (Å²) in [5.41, 5.74) is 0.237. The minimum absolute atomic E-state index is 0.0456. The zero-order valence-electron chi connectivity index (χ0n) is 10.8. The van der Waals surface area contributed by atoms with Gasteiger partial charge in [0.2, 0.25) is 0 Å². The summed E-state index contributed by atoms with van der Waals surface area (Å²) in [6, 6.07) is 0. The van der Waals surface area contributed by atoms with Gasteiger partial charge in [-0.2, -0.15) is 13.5 Å². The van der Waals surface area contributed by atoms with Crippen LogP contribution in [0.4, 0.5) is 5.69 Å². The molecule has 0 aliphatic carbocycles. The van der Waals surface area contributed by atoms with Gasteiger partial charge in [0.05, 0.1) is 25.2 Å². The minimum Gasteiger partial charge on any atom is -0.468 e. The molecule has 0 saturated heterocycles. The zero-order chi connectivity index (χ0) is 14.8. The molecule has 0 bridgehead atoms. The Morgan fingerprint density at radius 3 is 2.85 bits per heavy atom. The van der Waals surface area contributed by atoms with Gasteiger partial charge >= 0.3 is 5.97 Å². The lowest BCUT2D eigenvalue weighted by molar-refractivity contribution is -0.141. The van der Waals surface area contributed by atoms with Gasteiger partial charge in [0.15, 0.2) is 5.03 Å². The van der Waals surface area contributed by atoms with Crippen LogP contribution in [0.5, 0.6) is 0 Å². The maximum Gasteiger partial charge on any atom is 0.327 e. The van der Waals surface area contributed by atoms with Crippen molar-refractivity contribution in [3.05, 3.63) is 24.4 Å². The van der Waals surface area contributed by atoms with Crippen molar-refractivity contribution in [2.75, 3.05) is 11.8 Å². The lowest BCUT2D eigenvalue weighted by Gasteiger charge is -2.02. The smallest absolute Gasteiger partial charge is 0.327 e. The number of nitrogens with zero attached hydrogens (tertiary/aromatic N) is 3. The third-order valence-electron chi connectivity index (χ3n) is 2.37. The topological polar surface area (TPSA) is 119 Å². The molecule has 0 spiro atoms. The second-order valence-corrected chi connectivity index (χ2v) is 5.59. The Morgan fingerprint density at radius 2 is 2.25 bits per heavy atom. The van der Waals surface area contributed by atoms with Gasteiger partial charge in [-0.3, -0.25) is 14.2 Å². The number of anilines is 1. The highest BCUT2D eigenvalue weighted by Gasteiger charge is 2.17. The zero-order valence-corrected chi connectivity index (χ0v) is 11.6. The first-order valence-electron chi connectivity index (χ1n) is 5.54. The van der Waals surface area contributed by atoms with Gasteiger partial charge < -0.3 is 9.72 Å². The van der Waals surface area contributed by atoms with E-state index in [-0.39, 0.29) is 17.3 Å². The van der Waals surface area contributed by atoms with Crippen molar-refractivity contribution in [2.45, 2.75) is 18.5 Å². The first-order chi connectivity index (χ1) is 9.40. The lowest BCUT2D eigenvalue weighted by atomic mass is 10.6. The molecule has 108 valence electrons. The molecular formula is C10H13N5O4S. The molecule has 0 aromatic carbocycles. The number of esters is 1. The normalized spacial score (nSPS) is 11.3. The second-order valence-electron chi connectivity index (χ2n) is 3.94. The number of ether oxygens (including phenoxy) is 1. The molecule has 2 rings (SSSR count). The SMILES string of the molecule is COC(=O)Cn1cc(NS(=O)(=O)c2cnc(C)[nH]2)cn1. The Hall–Kier alpha value is -2.36. The van der Waals surface area contributed by atoms with E-state index in [1.807, 2.05) is 0 Å². The molecule has 0 fully saturated rings. The maximum absolute atomic E-state index is 12.0. The number of imidazole rings is 1. The number of carbonyl (C=O) groups excluding carboxylic acids is 1. The summed E-state index contributed by atoms with van der Waals surface area (Å²) >= 11 is 0. The monoisotopic (exact) mass is 299 g/mol. The van der Waals surface area contributed by atoms with Crippen LogP contribution in [0.15, 0.2) is 23.6 Å². The fourth-order valence-electron chi connectivity index (χ4n) is 1.44. The standard InChI is InChI=1S/C10H13N5O4S/c1-7-11-4-9(13-7)20(17,18)14-8-3-12-15(5-8)6-10(16)19-2/h3-5,14H,6H2,1-2H3,(H,11,13). The number of sulfonamides is 1. The van der Waals surface area contributed by atoms with E-state index in [4.69, 9.17) is 0 Å². The summed E-state index contributed by atoms with van der Waals surface area (Å²) in [6.45, 7) is 1.55. The van der Waals surface area contributed by atoms with E-state index in [0.717, 1.165) is 0 Å². The molecule has 0 saturated carbocycles. The van der Waals surface area contributed by atoms with Crippen LogP contribution in [0.2, 0.25) is 0 Å². The number of H-pyrrole nitrogens is 1. The van der Waals surface area contributed by atoms with E-state index in [1.165, 1.54) is 30.4 Å². The average molecular weight is 299 g/mol. The highest BCUT2D eigenvalue weighted by Crippen LogP contribution is 2.13. The molecule has 2 heterocycles. The fourth-order valence-corrected chi connectivity index (χ4v) is 2.44. The van der Waals surface area contributed by atoms with Crippen molar-refractivity contribution in [3.63, 3.8) is 0 Å². The molecule has 0 radical (unpaired) electrons. The number of hydrogen-bond acceptors (Lipinski definition) is 6. The second kappa shape index (κ2) is 5.33. The highest BCUT2D eigenvalue weighted by molar-refractivity contribution is 7.92. The molecule has 0 aliphatic heterocycles. The van der Waals surface area contributed by atoms with E-state index >= 15 is 0 Å². The molecule has 20 heavy (non-hydrogen) atoms. The number of aromatic amines is 1. The van der Waals surface area contributed by atoms with Gasteiger partial charge in [0.25, 0.3) is 10.0 Å². The number of nitrogens with one attached hydrogen (secondary N) is 2. The van der Waals surface area contributed by atoms with Crippen LogP contribution in [0, 0.1) is 6.92 Å². The molecule has 2 aromatic rings. The molecule has 0 unspecified atom stereocenters. The Bertz CT molecular complexity index is 718. The number of carbonyl (C=O) groups is 1. The first kappa shape index (κ1) is 14.1. The summed E-state index contributed by atoms with van der Waals surface area (Å²) in [4.78, 5) is 17.5. The summed E-state index contributed by atoms with van der Waals surface area (Å²) in [7, 11) is -2.49. The molecule has 2 aromatic heterocycles. The van der Waals surface area contributed by atoms with Crippen molar-refractivity contribution >= 4 is 21.7 Å². The number of aromatic nitrogens is 4. The van der Waals surface area contributed by atoms with Crippen LogP contribution in [0.3, 0.4) is 0 Å². The molecule has 10 heteroatoms. The Morgan fingerprint density at radius 1 is 1.50 bits per heavy atom. The summed E-state index contributed by atoms with van der Waals surface area (Å²) in [5.74, 6) is 0.0125. The molecule has 9 nitrogen and oxygen atoms in total. The van der Waals surface area contributed by atoms with Crippen LogP contribution < -0.4 is 4.72 Å². The van der Waals surface area contributed by atoms with E-state index in [9.17, 15) is 13.2 Å². The van der Waals surface area contributed by atoms with Crippen LogP contribution in [0.1, 0.15) is 5.82 Å². The van der Waals surface area contributed by atoms with Gasteiger partial charge in [-0.15, -0.1) is 0 Å². The number of hydrogen-bond donors (Lipinski definition) is 2. The van der Waals surface area contributed by atoms with Crippen molar-refractivity contribution < 1.29 is 17.9 Å². The van der Waals surface area contributed by atoms with Crippen LogP contribution in [-0.2, 0) is 26.1 Å². The molecule has 0 atom stereocenters. The molecule has 2 N–H and O–H groups in total. The van der Waals surface area contributed by atoms with Gasteiger partial charge in [-0.05, 0) is 6.92 Å². The van der Waals surface area contributed by atoms with Crippen LogP contribution >= 0.6 is 0 Å². The highest BCUT2D eigenvalue weighted by atomic mass is 32.2. The van der Waals surface area contributed by atoms with Gasteiger partial charge in [-0.25, -0.2) is 4.98 Å². The molecular weight excluding hydrogens is 286 g/mol. The van der Waals surface area contributed by atoms with Crippen molar-refractivity contribution in [1.82, 2.24) is 19.7 Å². The van der Waals surface area contributed by atoms with Gasteiger partial charge in [-0.1, -0.05) is 0 Å². The minimum atomic E-state index is -3.75. The molecule has 0 aliphatic rings. The number of methoxy groups -OCH3 is 1. The van der Waals surface area contributed by atoms with Gasteiger partial charge in [0.1, 0.15) is 12.4 Å². The van der Waals surface area contributed by atoms with Crippen molar-refractivity contribution in [3.8, 4) is 0 Å². The fraction of sp³-hybridized carbons (Fsp3) is 0.300. The summed E-state index contributed by atoms with van der Waals surface area (Å²) in [5, 5.41) is 3.80. The lowest BCUT2D eigenvalue weighted by Crippen LogP contribution is -2.13. The summed E-state index contributed by atoms with van der Waals surface area (Å²) in [6.07, 6.45) is 3.90. The first-order valence-corrected chi connectivity index (χ1v) is 7.03. The van der Waals surface area contributed by atoms with E-state index < -0.39 is 16.0 Å². The average Bonchev–Trinajstić information content (AvgIpc) is 2.98. The predicted octanol–water partition coefficient (Wildman–Crippen LogP) is -0.112. The van der Waals surface area contributed by atoms with Gasteiger partial charge in [0, 0.05) is 6.20 Å². The van der Waals surface area contributed by atoms with E-state index in [0.29, 0.717) is 5.82 Å². The third-order valence-corrected chi connectivity index (χ3v) is 3.66. The predicted molar refractivity (Wildman–Crippen MR) is 68.4 cm³/mol. The van der Waals surface area contributed by atoms with Crippen molar-refractivity contribution in [2.24, 2.45) is 0 Å². The Balaban J connectivity index is 2.12. The Kier molecular flexibility index (Phi) is 3.74. The maximum atomic E-state index is 12.0. The van der Waals surface area contributed by atoms with Crippen LogP contribution in [0.25, 0.3) is 0 Å². The Labute approximate surface area is 115 Å². The van der Waals surface area contributed by atoms with E-state index in [1.54, 1.807) is 6.92 Å². The molecule has 0 amide bonds. The summed E-state index contributed by atoms with van der Waals surface area (Å²) < 4.78 is 32.1. The number of aryl methyl sites for hydroxylation is 1. The number of rotatable bonds is 5.